The van der Waals surface area contributed by atoms with Crippen LogP contribution in [0.25, 0.3) is 11.2 Å². The lowest BCUT2D eigenvalue weighted by Crippen LogP contribution is -2.18. The van der Waals surface area contributed by atoms with E-state index in [2.05, 4.69) is 9.97 Å². The molecule has 0 aliphatic carbocycles. The largest absolute Gasteiger partial charge is 0.330 e. The van der Waals surface area contributed by atoms with Gasteiger partial charge in [-0.15, -0.1) is 0 Å². The molecule has 0 bridgehead atoms. The molecule has 0 fully saturated rings. The van der Waals surface area contributed by atoms with Gasteiger partial charge in [0.1, 0.15) is 0 Å². The van der Waals surface area contributed by atoms with Gasteiger partial charge in [0.25, 0.3) is 0 Å². The quantitative estimate of drug-likeness (QED) is 0.722. The molecule has 3 N–H and O–H groups in total. The Hall–Kier alpha value is -1.62. The third kappa shape index (κ3) is 1.42. The van der Waals surface area contributed by atoms with Gasteiger partial charge in [-0.1, -0.05) is 0 Å². The molecule has 0 amide bonds. The molecular weight excluding hydrogens is 180 g/mol. The van der Waals surface area contributed by atoms with E-state index < -0.39 is 0 Å². The summed E-state index contributed by atoms with van der Waals surface area (Å²) in [6, 6.07) is 3.63. The first-order chi connectivity index (χ1) is 6.83. The molecule has 0 aliphatic rings. The lowest BCUT2D eigenvalue weighted by molar-refractivity contribution is 0.643. The number of rotatable bonds is 3. The summed E-state index contributed by atoms with van der Waals surface area (Å²) < 4.78 is 1.61. The fraction of sp³-hybridized carbons (Fsp3) is 0.333. The number of aromatic nitrogens is 3. The summed E-state index contributed by atoms with van der Waals surface area (Å²) in [4.78, 5) is 18.4. The summed E-state index contributed by atoms with van der Waals surface area (Å²) in [7, 11) is 0. The molecule has 5 nitrogen and oxygen atoms in total. The number of hydrogen-bond acceptors (Lipinski definition) is 3. The van der Waals surface area contributed by atoms with Crippen molar-refractivity contribution in [2.45, 2.75) is 13.0 Å². The Morgan fingerprint density at radius 2 is 2.43 bits per heavy atom. The average Bonchev–Trinajstić information content (AvgIpc) is 2.51. The van der Waals surface area contributed by atoms with E-state index in [9.17, 15) is 4.79 Å². The SMILES string of the molecule is NCCCn1c(=O)[nH]c2cccnc21. The Kier molecular flexibility index (Phi) is 2.32. The fourth-order valence-electron chi connectivity index (χ4n) is 1.45. The van der Waals surface area contributed by atoms with Crippen molar-refractivity contribution >= 4 is 11.2 Å². The van der Waals surface area contributed by atoms with Gasteiger partial charge in [-0.3, -0.25) is 4.57 Å². The first kappa shape index (κ1) is 8.96. The number of nitrogens with two attached hydrogens (primary N) is 1. The van der Waals surface area contributed by atoms with E-state index in [0.717, 1.165) is 11.9 Å². The van der Waals surface area contributed by atoms with Crippen molar-refractivity contribution in [1.29, 1.82) is 0 Å². The standard InChI is InChI=1S/C9H12N4O/c10-4-2-6-13-8-7(12-9(13)14)3-1-5-11-8/h1,3,5H,2,4,6,10H2,(H,12,14). The zero-order valence-corrected chi connectivity index (χ0v) is 7.73. The molecule has 0 radical (unpaired) electrons. The molecule has 0 atom stereocenters. The molecule has 74 valence electrons. The van der Waals surface area contributed by atoms with Gasteiger partial charge in [-0.25, -0.2) is 9.78 Å². The van der Waals surface area contributed by atoms with Gasteiger partial charge in [0, 0.05) is 12.7 Å². The third-order valence-electron chi connectivity index (χ3n) is 2.11. The first-order valence-electron chi connectivity index (χ1n) is 4.56. The maximum absolute atomic E-state index is 11.5. The van der Waals surface area contributed by atoms with Crippen LogP contribution in [0.5, 0.6) is 0 Å². The molecule has 0 saturated carbocycles. The highest BCUT2D eigenvalue weighted by Gasteiger charge is 2.05. The predicted octanol–water partition coefficient (Wildman–Crippen LogP) is 0.0734. The Morgan fingerprint density at radius 1 is 1.57 bits per heavy atom. The second-order valence-electron chi connectivity index (χ2n) is 3.10. The number of H-pyrrole nitrogens is 1. The van der Waals surface area contributed by atoms with Gasteiger partial charge < -0.3 is 10.7 Å². The minimum absolute atomic E-state index is 0.118. The van der Waals surface area contributed by atoms with Crippen LogP contribution in [0.1, 0.15) is 6.42 Å². The predicted molar refractivity (Wildman–Crippen MR) is 54.0 cm³/mol. The smallest absolute Gasteiger partial charge is 0.327 e. The fourth-order valence-corrected chi connectivity index (χ4v) is 1.45. The Bertz CT molecular complexity index is 485. The second kappa shape index (κ2) is 3.63. The number of imidazole rings is 1. The molecular formula is C9H12N4O. The molecule has 14 heavy (non-hydrogen) atoms. The van der Waals surface area contributed by atoms with Crippen LogP contribution in [0.2, 0.25) is 0 Å². The van der Waals surface area contributed by atoms with E-state index in [1.54, 1.807) is 16.8 Å². The number of pyridine rings is 1. The van der Waals surface area contributed by atoms with Crippen molar-refractivity contribution in [1.82, 2.24) is 14.5 Å². The van der Waals surface area contributed by atoms with Gasteiger partial charge in [0.2, 0.25) is 0 Å². The summed E-state index contributed by atoms with van der Waals surface area (Å²) >= 11 is 0. The van der Waals surface area contributed by atoms with E-state index >= 15 is 0 Å². The summed E-state index contributed by atoms with van der Waals surface area (Å²) in [5, 5.41) is 0. The van der Waals surface area contributed by atoms with Gasteiger partial charge in [0.05, 0.1) is 5.52 Å². The summed E-state index contributed by atoms with van der Waals surface area (Å²) in [5.74, 6) is 0. The molecule has 5 heteroatoms. The van der Waals surface area contributed by atoms with Crippen LogP contribution in [0.3, 0.4) is 0 Å². The number of nitrogens with one attached hydrogen (secondary N) is 1. The van der Waals surface area contributed by atoms with Gasteiger partial charge in [-0.2, -0.15) is 0 Å². The van der Waals surface area contributed by atoms with Crippen LogP contribution in [0.15, 0.2) is 23.1 Å². The monoisotopic (exact) mass is 192 g/mol. The van der Waals surface area contributed by atoms with Crippen molar-refractivity contribution in [3.05, 3.63) is 28.8 Å². The minimum atomic E-state index is -0.118. The highest BCUT2D eigenvalue weighted by molar-refractivity contribution is 5.69. The number of nitrogens with zero attached hydrogens (tertiary/aromatic N) is 2. The van der Waals surface area contributed by atoms with Gasteiger partial charge in [-0.05, 0) is 25.1 Å². The number of fused-ring (bicyclic) bond motifs is 1. The number of aryl methyl sites for hydroxylation is 1. The number of aromatic amines is 1. The van der Waals surface area contributed by atoms with Crippen molar-refractivity contribution in [2.75, 3.05) is 6.54 Å². The van der Waals surface area contributed by atoms with Crippen molar-refractivity contribution < 1.29 is 0 Å². The van der Waals surface area contributed by atoms with Crippen molar-refractivity contribution in [2.24, 2.45) is 5.73 Å². The maximum Gasteiger partial charge on any atom is 0.327 e. The molecule has 0 aromatic carbocycles. The Labute approximate surface area is 80.6 Å². The zero-order chi connectivity index (χ0) is 9.97. The zero-order valence-electron chi connectivity index (χ0n) is 7.73. The third-order valence-corrected chi connectivity index (χ3v) is 2.11. The molecule has 0 aliphatic heterocycles. The molecule has 2 rings (SSSR count). The maximum atomic E-state index is 11.5. The van der Waals surface area contributed by atoms with Crippen molar-refractivity contribution in [3.8, 4) is 0 Å². The van der Waals surface area contributed by atoms with E-state index in [4.69, 9.17) is 5.73 Å². The molecule has 2 heterocycles. The van der Waals surface area contributed by atoms with Crippen LogP contribution in [-0.2, 0) is 6.54 Å². The van der Waals surface area contributed by atoms with Crippen LogP contribution < -0.4 is 11.4 Å². The molecule has 2 aromatic rings. The van der Waals surface area contributed by atoms with Crippen molar-refractivity contribution in [3.63, 3.8) is 0 Å². The van der Waals surface area contributed by atoms with Gasteiger partial charge >= 0.3 is 5.69 Å². The average molecular weight is 192 g/mol. The Morgan fingerprint density at radius 3 is 3.21 bits per heavy atom. The molecule has 0 saturated heterocycles. The highest BCUT2D eigenvalue weighted by Crippen LogP contribution is 2.05. The minimum Gasteiger partial charge on any atom is -0.330 e. The van der Waals surface area contributed by atoms with Crippen LogP contribution in [0, 0.1) is 0 Å². The van der Waals surface area contributed by atoms with E-state index in [0.29, 0.717) is 18.7 Å². The molecule has 0 spiro atoms. The second-order valence-corrected chi connectivity index (χ2v) is 3.10. The lowest BCUT2D eigenvalue weighted by atomic mass is 10.4. The normalized spacial score (nSPS) is 10.9. The van der Waals surface area contributed by atoms with E-state index in [1.165, 1.54) is 0 Å². The highest BCUT2D eigenvalue weighted by atomic mass is 16.1. The summed E-state index contributed by atoms with van der Waals surface area (Å²) in [6.45, 7) is 1.19. The first-order valence-corrected chi connectivity index (χ1v) is 4.56. The lowest BCUT2D eigenvalue weighted by Gasteiger charge is -1.99. The van der Waals surface area contributed by atoms with E-state index in [1.807, 2.05) is 6.07 Å². The Balaban J connectivity index is 2.51. The van der Waals surface area contributed by atoms with Crippen LogP contribution in [0.4, 0.5) is 0 Å². The molecule has 2 aromatic heterocycles. The topological polar surface area (TPSA) is 76.7 Å². The van der Waals surface area contributed by atoms with E-state index in [-0.39, 0.29) is 5.69 Å². The number of hydrogen-bond donors (Lipinski definition) is 2. The van der Waals surface area contributed by atoms with Gasteiger partial charge in [0.15, 0.2) is 5.65 Å². The summed E-state index contributed by atoms with van der Waals surface area (Å²) in [6.07, 6.45) is 2.46. The summed E-state index contributed by atoms with van der Waals surface area (Å²) in [5.41, 5.74) is 6.75. The molecule has 0 unspecified atom stereocenters. The van der Waals surface area contributed by atoms with Crippen LogP contribution in [-0.4, -0.2) is 21.1 Å². The van der Waals surface area contributed by atoms with Crippen LogP contribution >= 0.6 is 0 Å².